The predicted octanol–water partition coefficient (Wildman–Crippen LogP) is 1.43. The van der Waals surface area contributed by atoms with Gasteiger partial charge < -0.3 is 10.1 Å². The molecule has 12 heavy (non-hydrogen) atoms. The Bertz CT molecular complexity index is 488. The Kier molecular flexibility index (Phi) is 1.41. The first-order chi connectivity index (χ1) is 5.66. The number of thiophene rings is 1. The van der Waals surface area contributed by atoms with Crippen LogP contribution in [0.25, 0.3) is 10.2 Å². The number of nitrogens with one attached hydrogen (secondary N) is 1. The summed E-state index contributed by atoms with van der Waals surface area (Å²) in [5.41, 5.74) is -0.593. The molecule has 0 unspecified atom stereocenters. The van der Waals surface area contributed by atoms with Crippen LogP contribution in [-0.4, -0.2) is 10.1 Å². The highest BCUT2D eigenvalue weighted by molar-refractivity contribution is 7.17. The first-order valence-electron chi connectivity index (χ1n) is 3.18. The molecule has 3 nitrogen and oxygen atoms in total. The van der Waals surface area contributed by atoms with E-state index in [0.29, 0.717) is 10.2 Å². The summed E-state index contributed by atoms with van der Waals surface area (Å²) in [6.45, 7) is 0. The number of hydrogen-bond acceptors (Lipinski definition) is 3. The van der Waals surface area contributed by atoms with Crippen LogP contribution < -0.4 is 5.56 Å². The normalized spacial score (nSPS) is 10.8. The lowest BCUT2D eigenvalue weighted by Gasteiger charge is -1.89. The number of pyridine rings is 1. The van der Waals surface area contributed by atoms with Crippen LogP contribution in [0.5, 0.6) is 5.75 Å². The molecule has 0 bridgehead atoms. The SMILES string of the molecule is O=c1[nH]c2sc(F)cc2cc1O. The molecular weight excluding hydrogens is 181 g/mol. The number of rotatable bonds is 0. The molecule has 62 valence electrons. The second-order valence-electron chi connectivity index (χ2n) is 2.32. The fraction of sp³-hybridized carbons (Fsp3) is 0. The van der Waals surface area contributed by atoms with Crippen molar-refractivity contribution in [1.82, 2.24) is 4.98 Å². The monoisotopic (exact) mass is 185 g/mol. The second-order valence-corrected chi connectivity index (χ2v) is 3.32. The van der Waals surface area contributed by atoms with Crippen LogP contribution >= 0.6 is 11.3 Å². The molecule has 0 radical (unpaired) electrons. The Hall–Kier alpha value is -1.36. The fourth-order valence-corrected chi connectivity index (χ4v) is 1.72. The van der Waals surface area contributed by atoms with E-state index in [1.807, 2.05) is 0 Å². The summed E-state index contributed by atoms with van der Waals surface area (Å²) in [5, 5.41) is 9.09. The highest BCUT2D eigenvalue weighted by Gasteiger charge is 2.04. The summed E-state index contributed by atoms with van der Waals surface area (Å²) in [6.07, 6.45) is 0. The summed E-state index contributed by atoms with van der Waals surface area (Å²) in [6, 6.07) is 2.50. The van der Waals surface area contributed by atoms with Crippen LogP contribution in [0.15, 0.2) is 16.9 Å². The Morgan fingerprint density at radius 2 is 2.25 bits per heavy atom. The quantitative estimate of drug-likeness (QED) is 0.652. The van der Waals surface area contributed by atoms with Crippen LogP contribution in [0.3, 0.4) is 0 Å². The second kappa shape index (κ2) is 2.31. The van der Waals surface area contributed by atoms with Crippen molar-refractivity contribution < 1.29 is 9.50 Å². The van der Waals surface area contributed by atoms with Crippen molar-refractivity contribution in [2.24, 2.45) is 0 Å². The van der Waals surface area contributed by atoms with Crippen LogP contribution in [0.4, 0.5) is 4.39 Å². The lowest BCUT2D eigenvalue weighted by Crippen LogP contribution is -2.02. The van der Waals surface area contributed by atoms with Gasteiger partial charge in [-0.3, -0.25) is 4.79 Å². The Labute approximate surface area is 70.1 Å². The van der Waals surface area contributed by atoms with Crippen molar-refractivity contribution in [2.75, 3.05) is 0 Å². The van der Waals surface area contributed by atoms with Crippen molar-refractivity contribution in [3.8, 4) is 5.75 Å². The van der Waals surface area contributed by atoms with E-state index in [9.17, 15) is 9.18 Å². The van der Waals surface area contributed by atoms with E-state index in [-0.39, 0.29) is 10.9 Å². The average Bonchev–Trinajstić information content (AvgIpc) is 2.30. The molecule has 0 aromatic carbocycles. The molecule has 0 aliphatic rings. The average molecular weight is 185 g/mol. The summed E-state index contributed by atoms with van der Waals surface area (Å²) >= 11 is 0.842. The van der Waals surface area contributed by atoms with E-state index in [0.717, 1.165) is 11.3 Å². The molecule has 0 saturated heterocycles. The van der Waals surface area contributed by atoms with Crippen LogP contribution in [0, 0.1) is 5.13 Å². The van der Waals surface area contributed by atoms with Gasteiger partial charge in [-0.15, -0.1) is 0 Å². The zero-order valence-corrected chi connectivity index (χ0v) is 6.61. The third-order valence-electron chi connectivity index (χ3n) is 1.48. The minimum absolute atomic E-state index is 0.383. The van der Waals surface area contributed by atoms with Crippen LogP contribution in [0.1, 0.15) is 0 Å². The van der Waals surface area contributed by atoms with Gasteiger partial charge in [-0.1, -0.05) is 11.3 Å². The molecule has 5 heteroatoms. The summed E-state index contributed by atoms with van der Waals surface area (Å²) in [5.74, 6) is -0.389. The van der Waals surface area contributed by atoms with Gasteiger partial charge >= 0.3 is 0 Å². The maximum atomic E-state index is 12.6. The van der Waals surface area contributed by atoms with E-state index in [4.69, 9.17) is 5.11 Å². The van der Waals surface area contributed by atoms with Crippen LogP contribution in [-0.2, 0) is 0 Å². The highest BCUT2D eigenvalue weighted by Crippen LogP contribution is 2.22. The van der Waals surface area contributed by atoms with Gasteiger partial charge in [0.2, 0.25) is 0 Å². The van der Waals surface area contributed by atoms with Gasteiger partial charge in [-0.05, 0) is 12.1 Å². The van der Waals surface area contributed by atoms with E-state index < -0.39 is 5.56 Å². The molecule has 0 aliphatic heterocycles. The minimum Gasteiger partial charge on any atom is -0.503 e. The number of aromatic hydroxyl groups is 1. The molecule has 0 saturated carbocycles. The zero-order valence-electron chi connectivity index (χ0n) is 5.80. The molecule has 2 rings (SSSR count). The largest absolute Gasteiger partial charge is 0.503 e. The van der Waals surface area contributed by atoms with Gasteiger partial charge in [-0.25, -0.2) is 0 Å². The molecular formula is C7H4FNO2S. The van der Waals surface area contributed by atoms with Crippen molar-refractivity contribution in [3.05, 3.63) is 27.6 Å². The predicted molar refractivity (Wildman–Crippen MR) is 44.1 cm³/mol. The van der Waals surface area contributed by atoms with Gasteiger partial charge in [0.1, 0.15) is 4.83 Å². The number of fused-ring (bicyclic) bond motifs is 1. The molecule has 0 atom stereocenters. The molecule has 0 amide bonds. The van der Waals surface area contributed by atoms with Crippen molar-refractivity contribution >= 4 is 21.6 Å². The molecule has 0 fully saturated rings. The van der Waals surface area contributed by atoms with Crippen molar-refractivity contribution in [1.29, 1.82) is 0 Å². The number of aromatic nitrogens is 1. The number of halogens is 1. The van der Waals surface area contributed by atoms with Gasteiger partial charge in [0, 0.05) is 5.39 Å². The molecule has 2 aromatic heterocycles. The lowest BCUT2D eigenvalue weighted by molar-refractivity contribution is 0.468. The standard InChI is InChI=1S/C7H4FNO2S/c8-5-2-3-1-4(10)6(11)9-7(3)12-5/h1-2,10H,(H,9,11). The first kappa shape index (κ1) is 7.30. The minimum atomic E-state index is -0.593. The lowest BCUT2D eigenvalue weighted by atomic mass is 10.3. The van der Waals surface area contributed by atoms with Gasteiger partial charge in [0.05, 0.1) is 0 Å². The van der Waals surface area contributed by atoms with Crippen LogP contribution in [0.2, 0.25) is 0 Å². The van der Waals surface area contributed by atoms with Crippen molar-refractivity contribution in [3.63, 3.8) is 0 Å². The number of hydrogen-bond donors (Lipinski definition) is 2. The Balaban J connectivity index is 2.92. The smallest absolute Gasteiger partial charge is 0.291 e. The van der Waals surface area contributed by atoms with E-state index in [1.165, 1.54) is 12.1 Å². The maximum Gasteiger partial charge on any atom is 0.291 e. The highest BCUT2D eigenvalue weighted by atomic mass is 32.1. The topological polar surface area (TPSA) is 53.1 Å². The Morgan fingerprint density at radius 3 is 3.00 bits per heavy atom. The van der Waals surface area contributed by atoms with Gasteiger partial charge in [-0.2, -0.15) is 4.39 Å². The summed E-state index contributed by atoms with van der Waals surface area (Å²) in [4.78, 5) is 13.6. The Morgan fingerprint density at radius 1 is 1.50 bits per heavy atom. The van der Waals surface area contributed by atoms with Gasteiger partial charge in [0.25, 0.3) is 5.56 Å². The fourth-order valence-electron chi connectivity index (χ4n) is 0.959. The molecule has 2 N–H and O–H groups in total. The third-order valence-corrected chi connectivity index (χ3v) is 2.34. The summed E-state index contributed by atoms with van der Waals surface area (Å²) in [7, 11) is 0. The first-order valence-corrected chi connectivity index (χ1v) is 4.00. The van der Waals surface area contributed by atoms with E-state index in [1.54, 1.807) is 0 Å². The maximum absolute atomic E-state index is 12.6. The molecule has 2 heterocycles. The van der Waals surface area contributed by atoms with Gasteiger partial charge in [0.15, 0.2) is 10.9 Å². The molecule has 2 aromatic rings. The van der Waals surface area contributed by atoms with Crippen molar-refractivity contribution in [2.45, 2.75) is 0 Å². The molecule has 0 spiro atoms. The number of aromatic amines is 1. The molecule has 0 aliphatic carbocycles. The van der Waals surface area contributed by atoms with E-state index >= 15 is 0 Å². The van der Waals surface area contributed by atoms with E-state index in [2.05, 4.69) is 4.98 Å². The third kappa shape index (κ3) is 0.984. The number of H-pyrrole nitrogens is 1. The summed E-state index contributed by atoms with van der Waals surface area (Å²) < 4.78 is 12.6. The zero-order chi connectivity index (χ0) is 8.72.